The summed E-state index contributed by atoms with van der Waals surface area (Å²) in [7, 11) is 0. The van der Waals surface area contributed by atoms with Gasteiger partial charge in [0.15, 0.2) is 0 Å². The van der Waals surface area contributed by atoms with Crippen molar-refractivity contribution in [3.05, 3.63) is 75.7 Å². The van der Waals surface area contributed by atoms with Gasteiger partial charge in [-0.05, 0) is 48.1 Å². The molecular weight excluding hydrogens is 536 g/mol. The van der Waals surface area contributed by atoms with Crippen molar-refractivity contribution in [2.75, 3.05) is 13.2 Å². The molecule has 0 saturated heterocycles. The van der Waals surface area contributed by atoms with E-state index >= 15 is 0 Å². The maximum absolute atomic E-state index is 13.1. The topological polar surface area (TPSA) is 136 Å². The van der Waals surface area contributed by atoms with Crippen LogP contribution in [0.1, 0.15) is 94.5 Å². The van der Waals surface area contributed by atoms with Crippen LogP contribution in [0.25, 0.3) is 11.3 Å². The first-order valence-electron chi connectivity index (χ1n) is 14.5. The minimum atomic E-state index is -0.498. The first-order valence-corrected chi connectivity index (χ1v) is 14.5. The lowest BCUT2D eigenvalue weighted by Crippen LogP contribution is -2.33. The molecule has 0 radical (unpaired) electrons. The highest BCUT2D eigenvalue weighted by molar-refractivity contribution is 5.93. The van der Waals surface area contributed by atoms with Gasteiger partial charge in [-0.1, -0.05) is 53.5 Å². The number of esters is 1. The van der Waals surface area contributed by atoms with E-state index < -0.39 is 16.9 Å². The first kappa shape index (κ1) is 32.3. The third kappa shape index (κ3) is 9.71. The fraction of sp³-hybridized carbons (Fsp3) is 0.469. The number of H-pyrrole nitrogens is 1. The minimum Gasteiger partial charge on any atom is -0.493 e. The van der Waals surface area contributed by atoms with Crippen LogP contribution in [-0.4, -0.2) is 40.0 Å². The highest BCUT2D eigenvalue weighted by Gasteiger charge is 2.24. The molecule has 0 aliphatic rings. The highest BCUT2D eigenvalue weighted by Crippen LogP contribution is 2.29. The van der Waals surface area contributed by atoms with Gasteiger partial charge in [0.05, 0.1) is 36.1 Å². The molecule has 2 N–H and O–H groups in total. The van der Waals surface area contributed by atoms with Crippen LogP contribution in [-0.2, 0) is 16.0 Å². The van der Waals surface area contributed by atoms with Crippen molar-refractivity contribution in [3.8, 4) is 17.0 Å². The van der Waals surface area contributed by atoms with Gasteiger partial charge in [0, 0.05) is 30.5 Å². The van der Waals surface area contributed by atoms with Gasteiger partial charge in [0.25, 0.3) is 5.69 Å². The molecule has 226 valence electrons. The van der Waals surface area contributed by atoms with Crippen molar-refractivity contribution in [1.82, 2.24) is 15.3 Å². The average Bonchev–Trinajstić information content (AvgIpc) is 3.40. The Morgan fingerprint density at radius 3 is 2.38 bits per heavy atom. The molecule has 0 aliphatic carbocycles. The number of nitrogens with zero attached hydrogens (tertiary/aromatic N) is 2. The van der Waals surface area contributed by atoms with Crippen LogP contribution in [0.4, 0.5) is 5.69 Å². The summed E-state index contributed by atoms with van der Waals surface area (Å²) in [5.41, 5.74) is 2.27. The lowest BCUT2D eigenvalue weighted by molar-refractivity contribution is -0.384. The summed E-state index contributed by atoms with van der Waals surface area (Å²) in [6, 6.07) is 11.0. The largest absolute Gasteiger partial charge is 0.493 e. The van der Waals surface area contributed by atoms with E-state index in [9.17, 15) is 19.7 Å². The Labute approximate surface area is 247 Å². The molecule has 42 heavy (non-hydrogen) atoms. The predicted octanol–water partition coefficient (Wildman–Crippen LogP) is 6.96. The third-order valence-electron chi connectivity index (χ3n) is 6.55. The number of imidazole rings is 1. The standard InChI is InChI=1S/C32H42N4O6/c1-6-8-16-41-28-15-12-23(18-25(28)31(38)42-17-9-7-2)26(35-30(37)20-32(3,4)5)19-29-33-21-27(34-29)22-10-13-24(14-11-22)36(39)40/h10-15,18,21,26H,6-9,16-17,19-20H2,1-5H3,(H,33,34)(H,35,37). The van der Waals surface area contributed by atoms with Crippen molar-refractivity contribution in [2.45, 2.75) is 79.2 Å². The number of carbonyl (C=O) groups is 2. The number of benzene rings is 2. The zero-order valence-electron chi connectivity index (χ0n) is 25.2. The molecule has 3 rings (SSSR count). The molecule has 1 atom stereocenters. The van der Waals surface area contributed by atoms with E-state index in [1.54, 1.807) is 30.5 Å². The van der Waals surface area contributed by atoms with E-state index in [1.807, 2.05) is 33.8 Å². The van der Waals surface area contributed by atoms with E-state index in [0.717, 1.165) is 36.8 Å². The van der Waals surface area contributed by atoms with E-state index in [-0.39, 0.29) is 17.0 Å². The van der Waals surface area contributed by atoms with Crippen molar-refractivity contribution in [2.24, 2.45) is 5.41 Å². The smallest absolute Gasteiger partial charge is 0.341 e. The zero-order chi connectivity index (χ0) is 30.7. The number of carbonyl (C=O) groups excluding carboxylic acids is 2. The van der Waals surface area contributed by atoms with Gasteiger partial charge >= 0.3 is 5.97 Å². The highest BCUT2D eigenvalue weighted by atomic mass is 16.6. The number of amides is 1. The van der Waals surface area contributed by atoms with Gasteiger partial charge < -0.3 is 19.8 Å². The molecule has 3 aromatic rings. The van der Waals surface area contributed by atoms with Crippen molar-refractivity contribution < 1.29 is 24.0 Å². The number of aromatic nitrogens is 2. The molecular formula is C32H42N4O6. The molecule has 0 aliphatic heterocycles. The number of hydrogen-bond donors (Lipinski definition) is 2. The van der Waals surface area contributed by atoms with Crippen LogP contribution < -0.4 is 10.1 Å². The second-order valence-electron chi connectivity index (χ2n) is 11.6. The maximum atomic E-state index is 13.1. The number of nitrogens with one attached hydrogen (secondary N) is 2. The summed E-state index contributed by atoms with van der Waals surface area (Å²) in [4.78, 5) is 44.5. The first-order chi connectivity index (χ1) is 20.0. The number of ether oxygens (including phenoxy) is 2. The number of unbranched alkanes of at least 4 members (excludes halogenated alkanes) is 2. The average molecular weight is 579 g/mol. The summed E-state index contributed by atoms with van der Waals surface area (Å²) < 4.78 is 11.5. The fourth-order valence-electron chi connectivity index (χ4n) is 4.31. The molecule has 0 bridgehead atoms. The molecule has 1 amide bonds. The molecule has 1 aromatic heterocycles. The Balaban J connectivity index is 1.93. The van der Waals surface area contributed by atoms with E-state index in [1.165, 1.54) is 12.1 Å². The Bertz CT molecular complexity index is 1340. The van der Waals surface area contributed by atoms with Gasteiger partial charge in [0.1, 0.15) is 17.1 Å². The number of rotatable bonds is 15. The molecule has 0 fully saturated rings. The molecule has 0 saturated carbocycles. The van der Waals surface area contributed by atoms with Gasteiger partial charge in [-0.15, -0.1) is 0 Å². The SMILES string of the molecule is CCCCOC(=O)c1cc(C(Cc2ncc(-c3ccc([N+](=O)[O-])cc3)[nH]2)NC(=O)CC(C)(C)C)ccc1OCCCC. The summed E-state index contributed by atoms with van der Waals surface area (Å²) >= 11 is 0. The lowest BCUT2D eigenvalue weighted by atomic mass is 9.91. The number of non-ortho nitro benzene ring substituents is 1. The van der Waals surface area contributed by atoms with Crippen LogP contribution in [0.5, 0.6) is 5.75 Å². The van der Waals surface area contributed by atoms with Crippen LogP contribution in [0, 0.1) is 15.5 Å². The van der Waals surface area contributed by atoms with Gasteiger partial charge in [-0.3, -0.25) is 14.9 Å². The maximum Gasteiger partial charge on any atom is 0.341 e. The van der Waals surface area contributed by atoms with Crippen LogP contribution in [0.2, 0.25) is 0 Å². The van der Waals surface area contributed by atoms with Crippen LogP contribution in [0.15, 0.2) is 48.7 Å². The second-order valence-corrected chi connectivity index (χ2v) is 11.6. The number of nitro benzene ring substituents is 1. The zero-order valence-corrected chi connectivity index (χ0v) is 25.2. The third-order valence-corrected chi connectivity index (χ3v) is 6.55. The van der Waals surface area contributed by atoms with Crippen LogP contribution >= 0.6 is 0 Å². The minimum absolute atomic E-state index is 0.00580. The molecule has 1 heterocycles. The van der Waals surface area contributed by atoms with Crippen LogP contribution in [0.3, 0.4) is 0 Å². The molecule has 2 aromatic carbocycles. The van der Waals surface area contributed by atoms with E-state index in [0.29, 0.717) is 48.9 Å². The Hall–Kier alpha value is -4.21. The van der Waals surface area contributed by atoms with Gasteiger partial charge in [-0.25, -0.2) is 9.78 Å². The summed E-state index contributed by atoms with van der Waals surface area (Å²) in [6.07, 6.45) is 5.78. The fourth-order valence-corrected chi connectivity index (χ4v) is 4.31. The van der Waals surface area contributed by atoms with Gasteiger partial charge in [0.2, 0.25) is 5.91 Å². The van der Waals surface area contributed by atoms with Crippen molar-refractivity contribution in [3.63, 3.8) is 0 Å². The molecule has 10 nitrogen and oxygen atoms in total. The summed E-state index contributed by atoms with van der Waals surface area (Å²) in [5, 5.41) is 14.1. The number of nitro groups is 1. The van der Waals surface area contributed by atoms with E-state index in [4.69, 9.17) is 9.47 Å². The Morgan fingerprint density at radius 2 is 1.74 bits per heavy atom. The molecule has 0 spiro atoms. The molecule has 10 heteroatoms. The quantitative estimate of drug-likeness (QED) is 0.0861. The number of aromatic amines is 1. The Kier molecular flexibility index (Phi) is 11.6. The lowest BCUT2D eigenvalue weighted by Gasteiger charge is -2.23. The normalized spacial score (nSPS) is 12.0. The second kappa shape index (κ2) is 15.1. The van der Waals surface area contributed by atoms with Crippen molar-refractivity contribution >= 4 is 17.6 Å². The Morgan fingerprint density at radius 1 is 1.05 bits per heavy atom. The monoisotopic (exact) mass is 578 g/mol. The summed E-state index contributed by atoms with van der Waals surface area (Å²) in [5.74, 6) is 0.478. The van der Waals surface area contributed by atoms with E-state index in [2.05, 4.69) is 22.2 Å². The number of hydrogen-bond acceptors (Lipinski definition) is 7. The summed E-state index contributed by atoms with van der Waals surface area (Å²) in [6.45, 7) is 10.9. The predicted molar refractivity (Wildman–Crippen MR) is 161 cm³/mol. The van der Waals surface area contributed by atoms with Crippen molar-refractivity contribution in [1.29, 1.82) is 0 Å². The van der Waals surface area contributed by atoms with Gasteiger partial charge in [-0.2, -0.15) is 0 Å². The molecule has 1 unspecified atom stereocenters.